The Bertz CT molecular complexity index is 1190. The van der Waals surface area contributed by atoms with Crippen LogP contribution in [-0.2, 0) is 11.8 Å². The Kier molecular flexibility index (Phi) is 6.17. The zero-order chi connectivity index (χ0) is 23.2. The van der Waals surface area contributed by atoms with Gasteiger partial charge in [-0.3, -0.25) is 4.79 Å². The minimum atomic E-state index is -1.56. The molecule has 1 fully saturated rings. The van der Waals surface area contributed by atoms with Crippen LogP contribution in [0.1, 0.15) is 17.2 Å². The van der Waals surface area contributed by atoms with Crippen LogP contribution in [0.3, 0.4) is 0 Å². The second kappa shape index (κ2) is 8.74. The molecule has 32 heavy (non-hydrogen) atoms. The van der Waals surface area contributed by atoms with Gasteiger partial charge < -0.3 is 34.8 Å². The van der Waals surface area contributed by atoms with E-state index in [9.17, 15) is 30.3 Å². The summed E-state index contributed by atoms with van der Waals surface area (Å²) in [5.41, 5.74) is 2.80. The number of aliphatic hydroxyl groups excluding tert-OH is 5. The molecular formula is C24H27NO7. The Balaban J connectivity index is 1.66. The van der Waals surface area contributed by atoms with Gasteiger partial charge in [-0.1, -0.05) is 30.3 Å². The lowest BCUT2D eigenvalue weighted by molar-refractivity contribution is -0.250. The first-order valence-electron chi connectivity index (χ1n) is 10.4. The van der Waals surface area contributed by atoms with E-state index in [4.69, 9.17) is 4.74 Å². The number of aryl methyl sites for hydroxylation is 2. The van der Waals surface area contributed by atoms with Crippen LogP contribution in [0.15, 0.2) is 53.5 Å². The number of nitrogens with zero attached hydrogens (tertiary/aromatic N) is 1. The van der Waals surface area contributed by atoms with Gasteiger partial charge in [0.05, 0.1) is 6.61 Å². The van der Waals surface area contributed by atoms with Crippen molar-refractivity contribution in [2.24, 2.45) is 7.05 Å². The van der Waals surface area contributed by atoms with Crippen molar-refractivity contribution < 1.29 is 30.3 Å². The predicted molar refractivity (Wildman–Crippen MR) is 118 cm³/mol. The summed E-state index contributed by atoms with van der Waals surface area (Å²) in [4.78, 5) is 12.5. The van der Waals surface area contributed by atoms with Crippen molar-refractivity contribution in [2.75, 3.05) is 6.61 Å². The van der Waals surface area contributed by atoms with E-state index < -0.39 is 43.2 Å². The first-order chi connectivity index (χ1) is 15.2. The van der Waals surface area contributed by atoms with E-state index >= 15 is 0 Å². The quantitative estimate of drug-likeness (QED) is 0.396. The lowest BCUT2D eigenvalue weighted by Crippen LogP contribution is -2.59. The molecule has 170 valence electrons. The lowest BCUT2D eigenvalue weighted by Gasteiger charge is -2.42. The zero-order valence-electron chi connectivity index (χ0n) is 17.8. The Morgan fingerprint density at radius 1 is 1.00 bits per heavy atom. The van der Waals surface area contributed by atoms with Crippen molar-refractivity contribution in [2.45, 2.75) is 43.5 Å². The third-order valence-corrected chi connectivity index (χ3v) is 6.24. The van der Waals surface area contributed by atoms with E-state index in [1.165, 1.54) is 4.57 Å². The Labute approximate surface area is 184 Å². The molecule has 0 aliphatic carbocycles. The fraction of sp³-hybridized carbons (Fsp3) is 0.375. The van der Waals surface area contributed by atoms with E-state index in [2.05, 4.69) is 0 Å². The van der Waals surface area contributed by atoms with Crippen LogP contribution in [0.2, 0.25) is 0 Å². The number of rotatable bonds is 4. The molecule has 0 spiro atoms. The third kappa shape index (κ3) is 3.86. The fourth-order valence-corrected chi connectivity index (χ4v) is 4.27. The van der Waals surface area contributed by atoms with Gasteiger partial charge in [0, 0.05) is 18.6 Å². The van der Waals surface area contributed by atoms with Gasteiger partial charge in [0.1, 0.15) is 36.6 Å². The summed E-state index contributed by atoms with van der Waals surface area (Å²) in [6, 6.07) is 12.9. The number of hydrogen-bond donors (Lipinski definition) is 5. The highest BCUT2D eigenvalue weighted by atomic mass is 16.6. The number of hydrogen-bond acceptors (Lipinski definition) is 7. The average molecular weight is 441 g/mol. The smallest absolute Gasteiger partial charge is 0.258 e. The standard InChI is InChI=1S/C24H27NO7/c1-12-9-14(15-4-3-13-7-8-25(2)24(31)17(13)10-15)5-6-16(12)19(27)23-22(30)21(29)20(28)18(11-26)32-23/h3-10,18-23,26-30H,11H2,1-2H3/t18?,19-,20-,21?,22?,23-/m1/s1. The van der Waals surface area contributed by atoms with Crippen molar-refractivity contribution >= 4 is 10.8 Å². The second-order valence-corrected chi connectivity index (χ2v) is 8.34. The Morgan fingerprint density at radius 3 is 2.38 bits per heavy atom. The number of pyridine rings is 1. The zero-order valence-corrected chi connectivity index (χ0v) is 17.8. The molecule has 8 nitrogen and oxygen atoms in total. The van der Waals surface area contributed by atoms with E-state index in [1.807, 2.05) is 30.3 Å². The largest absolute Gasteiger partial charge is 0.394 e. The molecule has 3 unspecified atom stereocenters. The summed E-state index contributed by atoms with van der Waals surface area (Å²) >= 11 is 0. The summed E-state index contributed by atoms with van der Waals surface area (Å²) < 4.78 is 7.02. The molecule has 0 amide bonds. The van der Waals surface area contributed by atoms with E-state index in [-0.39, 0.29) is 5.56 Å². The van der Waals surface area contributed by atoms with Crippen LogP contribution < -0.4 is 5.56 Å². The summed E-state index contributed by atoms with van der Waals surface area (Å²) in [5, 5.41) is 52.0. The molecule has 2 aromatic carbocycles. The molecule has 1 aliphatic heterocycles. The van der Waals surface area contributed by atoms with Crippen LogP contribution in [-0.4, -0.2) is 67.2 Å². The summed E-state index contributed by atoms with van der Waals surface area (Å²) in [5.74, 6) is 0. The van der Waals surface area contributed by atoms with Gasteiger partial charge in [0.2, 0.25) is 0 Å². The molecule has 0 radical (unpaired) electrons. The van der Waals surface area contributed by atoms with Gasteiger partial charge in [0.15, 0.2) is 0 Å². The second-order valence-electron chi connectivity index (χ2n) is 8.34. The van der Waals surface area contributed by atoms with Crippen LogP contribution in [0.25, 0.3) is 21.9 Å². The van der Waals surface area contributed by atoms with Crippen molar-refractivity contribution in [3.05, 3.63) is 70.1 Å². The number of aliphatic hydroxyl groups is 5. The molecule has 1 aromatic heterocycles. The number of benzene rings is 2. The van der Waals surface area contributed by atoms with E-state index in [0.29, 0.717) is 16.5 Å². The summed E-state index contributed by atoms with van der Waals surface area (Å²) in [6.07, 6.45) is -6.45. The van der Waals surface area contributed by atoms with Gasteiger partial charge in [-0.2, -0.15) is 0 Å². The molecule has 6 atom stereocenters. The van der Waals surface area contributed by atoms with Crippen molar-refractivity contribution in [1.29, 1.82) is 0 Å². The van der Waals surface area contributed by atoms with Crippen LogP contribution >= 0.6 is 0 Å². The van der Waals surface area contributed by atoms with Gasteiger partial charge in [-0.25, -0.2) is 0 Å². The van der Waals surface area contributed by atoms with Gasteiger partial charge in [0.25, 0.3) is 5.56 Å². The van der Waals surface area contributed by atoms with E-state index in [0.717, 1.165) is 16.5 Å². The fourth-order valence-electron chi connectivity index (χ4n) is 4.27. The molecule has 8 heteroatoms. The Morgan fingerprint density at radius 2 is 1.69 bits per heavy atom. The molecule has 2 heterocycles. The Hall–Kier alpha value is -2.59. The maximum Gasteiger partial charge on any atom is 0.258 e. The summed E-state index contributed by atoms with van der Waals surface area (Å²) in [7, 11) is 1.70. The predicted octanol–water partition coefficient (Wildman–Crippen LogP) is 0.390. The molecule has 3 aromatic rings. The molecule has 1 saturated heterocycles. The third-order valence-electron chi connectivity index (χ3n) is 6.24. The molecule has 0 bridgehead atoms. The van der Waals surface area contributed by atoms with Gasteiger partial charge >= 0.3 is 0 Å². The topological polar surface area (TPSA) is 132 Å². The molecule has 0 saturated carbocycles. The minimum Gasteiger partial charge on any atom is -0.394 e. The van der Waals surface area contributed by atoms with Gasteiger partial charge in [-0.15, -0.1) is 0 Å². The summed E-state index contributed by atoms with van der Waals surface area (Å²) in [6.45, 7) is 1.24. The number of fused-ring (bicyclic) bond motifs is 1. The number of aromatic nitrogens is 1. The normalized spacial score (nSPS) is 26.9. The van der Waals surface area contributed by atoms with Crippen LogP contribution in [0.5, 0.6) is 0 Å². The van der Waals surface area contributed by atoms with Crippen molar-refractivity contribution in [1.82, 2.24) is 4.57 Å². The average Bonchev–Trinajstić information content (AvgIpc) is 2.79. The molecule has 4 rings (SSSR count). The van der Waals surface area contributed by atoms with Crippen LogP contribution in [0.4, 0.5) is 0 Å². The maximum absolute atomic E-state index is 12.5. The highest BCUT2D eigenvalue weighted by Gasteiger charge is 2.46. The minimum absolute atomic E-state index is 0.0873. The number of ether oxygens (including phenoxy) is 1. The molecule has 1 aliphatic rings. The SMILES string of the molecule is Cc1cc(-c2ccc3ccn(C)c(=O)c3c2)ccc1[C@@H](O)[C@H]1OC(CO)[C@@H](O)C(O)C1O. The van der Waals surface area contributed by atoms with Crippen LogP contribution in [0, 0.1) is 6.92 Å². The van der Waals surface area contributed by atoms with Crippen molar-refractivity contribution in [3.8, 4) is 11.1 Å². The van der Waals surface area contributed by atoms with E-state index in [1.54, 1.807) is 32.3 Å². The van der Waals surface area contributed by atoms with Gasteiger partial charge in [-0.05, 0) is 46.7 Å². The lowest BCUT2D eigenvalue weighted by atomic mass is 9.87. The molecule has 5 N–H and O–H groups in total. The first-order valence-corrected chi connectivity index (χ1v) is 10.4. The highest BCUT2D eigenvalue weighted by molar-refractivity contribution is 5.86. The monoisotopic (exact) mass is 441 g/mol. The first kappa shape index (κ1) is 22.6. The molecular weight excluding hydrogens is 414 g/mol. The highest BCUT2D eigenvalue weighted by Crippen LogP contribution is 2.33. The van der Waals surface area contributed by atoms with Crippen molar-refractivity contribution in [3.63, 3.8) is 0 Å². The maximum atomic E-state index is 12.5.